The lowest BCUT2D eigenvalue weighted by atomic mass is 10.1. The number of anilines is 1. The van der Waals surface area contributed by atoms with Crippen molar-refractivity contribution in [2.75, 3.05) is 18.9 Å². The average molecular weight is 314 g/mol. The van der Waals surface area contributed by atoms with Crippen LogP contribution in [0.5, 0.6) is 0 Å². The second-order valence-corrected chi connectivity index (χ2v) is 8.37. The van der Waals surface area contributed by atoms with Crippen LogP contribution in [0.15, 0.2) is 16.6 Å². The Morgan fingerprint density at radius 3 is 2.85 bits per heavy atom. The molecule has 0 spiro atoms. The van der Waals surface area contributed by atoms with Gasteiger partial charge in [-0.1, -0.05) is 13.8 Å². The first kappa shape index (κ1) is 13.8. The topological polar surface area (TPSA) is 75.5 Å². The van der Waals surface area contributed by atoms with Crippen LogP contribution in [0.4, 0.5) is 5.82 Å². The molecule has 2 heterocycles. The molecule has 2 aromatic heterocycles. The summed E-state index contributed by atoms with van der Waals surface area (Å²) in [5, 5.41) is 4.87. The third-order valence-electron chi connectivity index (χ3n) is 3.95. The summed E-state index contributed by atoms with van der Waals surface area (Å²) < 4.78 is 29.4. The molecule has 2 aromatic rings. The maximum absolute atomic E-state index is 12.5. The lowest BCUT2D eigenvalue weighted by molar-refractivity contribution is 0.536. The predicted molar refractivity (Wildman–Crippen MR) is 79.7 cm³/mol. The van der Waals surface area contributed by atoms with Gasteiger partial charge in [-0.15, -0.1) is 11.3 Å². The highest BCUT2D eigenvalue weighted by molar-refractivity contribution is 7.89. The molecule has 20 heavy (non-hydrogen) atoms. The normalized spacial score (nSPS) is 21.2. The first-order chi connectivity index (χ1) is 9.35. The quantitative estimate of drug-likeness (QED) is 0.882. The molecule has 1 saturated carbocycles. The molecule has 0 bridgehead atoms. The van der Waals surface area contributed by atoms with Crippen molar-refractivity contribution in [2.24, 2.45) is 11.3 Å². The van der Waals surface area contributed by atoms with Gasteiger partial charge in [0.05, 0.1) is 0 Å². The fourth-order valence-corrected chi connectivity index (χ4v) is 4.53. The van der Waals surface area contributed by atoms with E-state index in [2.05, 4.69) is 28.9 Å². The lowest BCUT2D eigenvalue weighted by Gasteiger charge is -2.08. The van der Waals surface area contributed by atoms with Crippen LogP contribution in [0.25, 0.3) is 4.96 Å². The lowest BCUT2D eigenvalue weighted by Crippen LogP contribution is -2.28. The van der Waals surface area contributed by atoms with Gasteiger partial charge in [0.1, 0.15) is 0 Å². The fraction of sp³-hybridized carbons (Fsp3) is 0.583. The smallest absolute Gasteiger partial charge is 0.260 e. The molecule has 1 atom stereocenters. The van der Waals surface area contributed by atoms with Crippen molar-refractivity contribution in [3.63, 3.8) is 0 Å². The standard InChI is InChI=1S/C12H18N4O2S2/c1-12(2)6-8(12)7-14-20(17,18)10-9(13-3)15-11-16(10)4-5-19-11/h4-5,8,13-14H,6-7H2,1-3H3. The molecule has 0 aliphatic heterocycles. The molecule has 2 N–H and O–H groups in total. The van der Waals surface area contributed by atoms with Gasteiger partial charge in [0.15, 0.2) is 15.8 Å². The first-order valence-corrected chi connectivity index (χ1v) is 8.84. The first-order valence-electron chi connectivity index (χ1n) is 6.48. The van der Waals surface area contributed by atoms with Crippen molar-refractivity contribution in [3.8, 4) is 0 Å². The number of fused-ring (bicyclic) bond motifs is 1. The second kappa shape index (κ2) is 4.44. The summed E-state index contributed by atoms with van der Waals surface area (Å²) in [7, 11) is -1.89. The minimum Gasteiger partial charge on any atom is -0.371 e. The van der Waals surface area contributed by atoms with E-state index in [9.17, 15) is 8.42 Å². The van der Waals surface area contributed by atoms with E-state index in [0.717, 1.165) is 6.42 Å². The molecule has 0 amide bonds. The molecular formula is C12H18N4O2S2. The molecule has 3 rings (SSSR count). The number of imidazole rings is 1. The number of thiazole rings is 1. The Bertz CT molecular complexity index is 745. The Morgan fingerprint density at radius 1 is 1.55 bits per heavy atom. The van der Waals surface area contributed by atoms with Gasteiger partial charge in [-0.3, -0.25) is 4.40 Å². The van der Waals surface area contributed by atoms with Gasteiger partial charge in [0.2, 0.25) is 0 Å². The van der Waals surface area contributed by atoms with Crippen molar-refractivity contribution in [1.82, 2.24) is 14.1 Å². The zero-order valence-electron chi connectivity index (χ0n) is 11.7. The summed E-state index contributed by atoms with van der Waals surface area (Å²) in [5.74, 6) is 0.806. The van der Waals surface area contributed by atoms with Gasteiger partial charge in [-0.2, -0.15) is 0 Å². The Morgan fingerprint density at radius 2 is 2.25 bits per heavy atom. The third-order valence-corrected chi connectivity index (χ3v) is 6.15. The zero-order valence-corrected chi connectivity index (χ0v) is 13.3. The van der Waals surface area contributed by atoms with E-state index in [1.54, 1.807) is 17.6 Å². The minimum atomic E-state index is -3.57. The molecule has 1 fully saturated rings. The highest BCUT2D eigenvalue weighted by atomic mass is 32.2. The molecule has 0 aromatic carbocycles. The van der Waals surface area contributed by atoms with Crippen LogP contribution >= 0.6 is 11.3 Å². The van der Waals surface area contributed by atoms with Crippen molar-refractivity contribution in [3.05, 3.63) is 11.6 Å². The number of aromatic nitrogens is 2. The molecule has 110 valence electrons. The zero-order chi connectivity index (χ0) is 14.5. The average Bonchev–Trinajstić information content (AvgIpc) is 2.74. The Labute approximate surface area is 122 Å². The molecule has 0 saturated heterocycles. The molecule has 1 unspecified atom stereocenters. The van der Waals surface area contributed by atoms with E-state index >= 15 is 0 Å². The summed E-state index contributed by atoms with van der Waals surface area (Å²) >= 11 is 1.41. The number of sulfonamides is 1. The second-order valence-electron chi connectivity index (χ2n) is 5.81. The molecule has 6 nitrogen and oxygen atoms in total. The van der Waals surface area contributed by atoms with E-state index in [0.29, 0.717) is 23.2 Å². The molecule has 1 aliphatic carbocycles. The predicted octanol–water partition coefficient (Wildman–Crippen LogP) is 1.76. The highest BCUT2D eigenvalue weighted by Gasteiger charge is 2.45. The third kappa shape index (κ3) is 2.21. The Hall–Kier alpha value is -1.12. The van der Waals surface area contributed by atoms with Crippen LogP contribution in [0.2, 0.25) is 0 Å². The monoisotopic (exact) mass is 314 g/mol. The van der Waals surface area contributed by atoms with Gasteiger partial charge in [0, 0.05) is 25.2 Å². The Balaban J connectivity index is 1.90. The fourth-order valence-electron chi connectivity index (χ4n) is 2.39. The number of nitrogens with zero attached hydrogens (tertiary/aromatic N) is 2. The van der Waals surface area contributed by atoms with Crippen LogP contribution < -0.4 is 10.0 Å². The maximum Gasteiger partial charge on any atom is 0.260 e. The SMILES string of the molecule is CNc1nc2sccn2c1S(=O)(=O)NCC1CC1(C)C. The van der Waals surface area contributed by atoms with Crippen molar-refractivity contribution in [2.45, 2.75) is 25.3 Å². The van der Waals surface area contributed by atoms with Gasteiger partial charge in [0.25, 0.3) is 10.0 Å². The highest BCUT2D eigenvalue weighted by Crippen LogP contribution is 2.51. The van der Waals surface area contributed by atoms with Gasteiger partial charge < -0.3 is 5.32 Å². The van der Waals surface area contributed by atoms with Gasteiger partial charge in [-0.05, 0) is 17.8 Å². The molecule has 8 heteroatoms. The van der Waals surface area contributed by atoms with Crippen molar-refractivity contribution < 1.29 is 8.42 Å². The summed E-state index contributed by atoms with van der Waals surface area (Å²) in [6, 6.07) is 0. The van der Waals surface area contributed by atoms with E-state index in [1.807, 2.05) is 5.38 Å². The molecule has 1 aliphatic rings. The Kier molecular flexibility index (Phi) is 3.07. The van der Waals surface area contributed by atoms with Crippen LogP contribution in [0.3, 0.4) is 0 Å². The van der Waals surface area contributed by atoms with Crippen LogP contribution in [0, 0.1) is 11.3 Å². The summed E-state index contributed by atoms with van der Waals surface area (Å²) in [5.41, 5.74) is 0.253. The van der Waals surface area contributed by atoms with E-state index in [-0.39, 0.29) is 10.4 Å². The van der Waals surface area contributed by atoms with E-state index in [1.165, 1.54) is 11.3 Å². The maximum atomic E-state index is 12.5. The summed E-state index contributed by atoms with van der Waals surface area (Å²) in [6.07, 6.45) is 2.79. The van der Waals surface area contributed by atoms with Crippen LogP contribution in [-0.4, -0.2) is 31.4 Å². The van der Waals surface area contributed by atoms with Gasteiger partial charge in [-0.25, -0.2) is 18.1 Å². The number of rotatable bonds is 5. The van der Waals surface area contributed by atoms with Crippen LogP contribution in [0.1, 0.15) is 20.3 Å². The molecular weight excluding hydrogens is 296 g/mol. The van der Waals surface area contributed by atoms with E-state index < -0.39 is 10.0 Å². The molecule has 0 radical (unpaired) electrons. The number of nitrogens with one attached hydrogen (secondary N) is 2. The van der Waals surface area contributed by atoms with Gasteiger partial charge >= 0.3 is 0 Å². The minimum absolute atomic E-state index is 0.190. The van der Waals surface area contributed by atoms with E-state index in [4.69, 9.17) is 0 Å². The summed E-state index contributed by atoms with van der Waals surface area (Å²) in [6.45, 7) is 4.79. The van der Waals surface area contributed by atoms with Crippen molar-refractivity contribution in [1.29, 1.82) is 0 Å². The largest absolute Gasteiger partial charge is 0.371 e. The van der Waals surface area contributed by atoms with Crippen molar-refractivity contribution >= 4 is 32.1 Å². The summed E-state index contributed by atoms with van der Waals surface area (Å²) in [4.78, 5) is 4.95. The van der Waals surface area contributed by atoms with Crippen LogP contribution in [-0.2, 0) is 10.0 Å². The number of hydrogen-bond donors (Lipinski definition) is 2. The number of hydrogen-bond acceptors (Lipinski definition) is 5.